The molecule has 8 heteroatoms. The number of nitrogens with one attached hydrogen (secondary N) is 2. The summed E-state index contributed by atoms with van der Waals surface area (Å²) in [5.74, 6) is -0.252. The Kier molecular flexibility index (Phi) is 6.01. The molecule has 126 valence electrons. The van der Waals surface area contributed by atoms with Gasteiger partial charge in [0, 0.05) is 29.6 Å². The van der Waals surface area contributed by atoms with Crippen LogP contribution in [0.25, 0.3) is 0 Å². The van der Waals surface area contributed by atoms with Gasteiger partial charge in [-0.15, -0.1) is 0 Å². The molecule has 0 bridgehead atoms. The van der Waals surface area contributed by atoms with E-state index in [0.717, 1.165) is 0 Å². The lowest BCUT2D eigenvalue weighted by Gasteiger charge is -2.11. The Balaban J connectivity index is 1.64. The van der Waals surface area contributed by atoms with E-state index in [0.29, 0.717) is 30.0 Å². The molecule has 0 radical (unpaired) electrons. The Hall–Kier alpha value is -1.60. The van der Waals surface area contributed by atoms with Crippen LogP contribution >= 0.6 is 11.6 Å². The summed E-state index contributed by atoms with van der Waals surface area (Å²) in [6.07, 6.45) is 1.21. The van der Waals surface area contributed by atoms with Gasteiger partial charge in [0.2, 0.25) is 5.91 Å². The number of amides is 2. The van der Waals surface area contributed by atoms with Gasteiger partial charge in [-0.2, -0.15) is 0 Å². The molecule has 2 N–H and O–H groups in total. The normalized spacial score (nSPS) is 19.3. The van der Waals surface area contributed by atoms with E-state index in [1.165, 1.54) is 0 Å². The van der Waals surface area contributed by atoms with Crippen LogP contribution in [0.3, 0.4) is 0 Å². The highest BCUT2D eigenvalue weighted by atomic mass is 35.5. The van der Waals surface area contributed by atoms with E-state index in [2.05, 4.69) is 10.6 Å². The molecule has 2 rings (SSSR count). The molecule has 1 saturated heterocycles. The fourth-order valence-electron chi connectivity index (χ4n) is 2.36. The topological polar surface area (TPSA) is 92.3 Å². The summed E-state index contributed by atoms with van der Waals surface area (Å²) in [5, 5.41) is 6.00. The molecule has 1 aromatic rings. The molecule has 1 aromatic carbocycles. The lowest BCUT2D eigenvalue weighted by molar-refractivity contribution is -0.121. The Morgan fingerprint density at radius 2 is 1.91 bits per heavy atom. The number of hydrogen-bond acceptors (Lipinski definition) is 4. The fraction of sp³-hybridized carbons (Fsp3) is 0.467. The molecule has 6 nitrogen and oxygen atoms in total. The van der Waals surface area contributed by atoms with Gasteiger partial charge in [0.1, 0.15) is 0 Å². The van der Waals surface area contributed by atoms with Crippen molar-refractivity contribution in [3.63, 3.8) is 0 Å². The highest BCUT2D eigenvalue weighted by Gasteiger charge is 2.28. The second-order valence-electron chi connectivity index (χ2n) is 5.53. The molecule has 1 fully saturated rings. The molecule has 0 aliphatic carbocycles. The minimum absolute atomic E-state index is 0.0199. The van der Waals surface area contributed by atoms with Crippen LogP contribution in [0.15, 0.2) is 24.3 Å². The third kappa shape index (κ3) is 5.84. The summed E-state index contributed by atoms with van der Waals surface area (Å²) >= 11 is 5.75. The number of hydrogen-bond donors (Lipinski definition) is 2. The van der Waals surface area contributed by atoms with Crippen molar-refractivity contribution in [3.05, 3.63) is 34.9 Å². The summed E-state index contributed by atoms with van der Waals surface area (Å²) in [5.41, 5.74) is 0.509. The molecule has 1 heterocycles. The Morgan fingerprint density at radius 1 is 1.22 bits per heavy atom. The van der Waals surface area contributed by atoms with Crippen molar-refractivity contribution in [1.82, 2.24) is 10.6 Å². The van der Waals surface area contributed by atoms with E-state index in [4.69, 9.17) is 11.6 Å². The first kappa shape index (κ1) is 17.7. The van der Waals surface area contributed by atoms with Gasteiger partial charge in [0.15, 0.2) is 9.84 Å². The molecular formula is C15H19ClN2O4S. The molecule has 0 saturated carbocycles. The molecule has 0 spiro atoms. The predicted octanol–water partition coefficient (Wildman–Crippen LogP) is 1.15. The van der Waals surface area contributed by atoms with Gasteiger partial charge < -0.3 is 10.6 Å². The lowest BCUT2D eigenvalue weighted by atomic mass is 10.2. The molecule has 1 aliphatic heterocycles. The first-order valence-corrected chi connectivity index (χ1v) is 9.59. The SMILES string of the molecule is O=C(CCCNC(=O)c1ccc(Cl)cc1)NC1CCS(=O)(=O)C1. The average Bonchev–Trinajstić information content (AvgIpc) is 2.83. The Morgan fingerprint density at radius 3 is 2.52 bits per heavy atom. The maximum Gasteiger partial charge on any atom is 0.251 e. The van der Waals surface area contributed by atoms with Gasteiger partial charge in [0.05, 0.1) is 11.5 Å². The maximum atomic E-state index is 11.8. The van der Waals surface area contributed by atoms with Crippen LogP contribution in [0, 0.1) is 0 Å². The minimum atomic E-state index is -2.99. The number of benzene rings is 1. The zero-order valence-electron chi connectivity index (χ0n) is 12.5. The van der Waals surface area contributed by atoms with Crippen molar-refractivity contribution in [2.45, 2.75) is 25.3 Å². The first-order valence-electron chi connectivity index (χ1n) is 7.39. The molecular weight excluding hydrogens is 340 g/mol. The second-order valence-corrected chi connectivity index (χ2v) is 8.20. The highest BCUT2D eigenvalue weighted by Crippen LogP contribution is 2.11. The minimum Gasteiger partial charge on any atom is -0.352 e. The van der Waals surface area contributed by atoms with Crippen LogP contribution in [0.1, 0.15) is 29.6 Å². The Bertz CT molecular complexity index is 673. The number of carbonyl (C=O) groups excluding carboxylic acids is 2. The van der Waals surface area contributed by atoms with E-state index in [-0.39, 0.29) is 35.8 Å². The van der Waals surface area contributed by atoms with Crippen LogP contribution in [-0.4, -0.2) is 44.3 Å². The number of sulfone groups is 1. The van der Waals surface area contributed by atoms with Crippen LogP contribution in [0.5, 0.6) is 0 Å². The Labute approximate surface area is 140 Å². The van der Waals surface area contributed by atoms with E-state index >= 15 is 0 Å². The average molecular weight is 359 g/mol. The summed E-state index contributed by atoms with van der Waals surface area (Å²) in [7, 11) is -2.99. The molecule has 1 unspecified atom stereocenters. The van der Waals surface area contributed by atoms with Crippen molar-refractivity contribution in [2.24, 2.45) is 0 Å². The van der Waals surface area contributed by atoms with Crippen LogP contribution in [0.4, 0.5) is 0 Å². The summed E-state index contributed by atoms with van der Waals surface area (Å²) < 4.78 is 22.6. The fourth-order valence-corrected chi connectivity index (χ4v) is 4.16. The zero-order valence-corrected chi connectivity index (χ0v) is 14.1. The van der Waals surface area contributed by atoms with Gasteiger partial charge in [0.25, 0.3) is 5.91 Å². The predicted molar refractivity (Wildman–Crippen MR) is 88.2 cm³/mol. The van der Waals surface area contributed by atoms with E-state index < -0.39 is 9.84 Å². The van der Waals surface area contributed by atoms with Crippen molar-refractivity contribution in [1.29, 1.82) is 0 Å². The summed E-state index contributed by atoms with van der Waals surface area (Å²) in [6.45, 7) is 0.373. The number of carbonyl (C=O) groups is 2. The van der Waals surface area contributed by atoms with E-state index in [1.54, 1.807) is 24.3 Å². The standard InChI is InChI=1S/C15H19ClN2O4S/c16-12-5-3-11(4-6-12)15(20)17-8-1-2-14(19)18-13-7-9-23(21,22)10-13/h3-6,13H,1-2,7-10H2,(H,17,20)(H,18,19). The smallest absolute Gasteiger partial charge is 0.251 e. The van der Waals surface area contributed by atoms with Crippen molar-refractivity contribution in [2.75, 3.05) is 18.1 Å². The van der Waals surface area contributed by atoms with Gasteiger partial charge in [-0.1, -0.05) is 11.6 Å². The zero-order chi connectivity index (χ0) is 16.9. The molecule has 2 amide bonds. The summed E-state index contributed by atoms with van der Waals surface area (Å²) in [4.78, 5) is 23.6. The highest BCUT2D eigenvalue weighted by molar-refractivity contribution is 7.91. The van der Waals surface area contributed by atoms with Gasteiger partial charge in [-0.05, 0) is 37.1 Å². The first-order chi connectivity index (χ1) is 10.9. The molecule has 23 heavy (non-hydrogen) atoms. The second kappa shape index (κ2) is 7.79. The van der Waals surface area contributed by atoms with E-state index in [9.17, 15) is 18.0 Å². The van der Waals surface area contributed by atoms with Crippen LogP contribution in [0.2, 0.25) is 5.02 Å². The van der Waals surface area contributed by atoms with Gasteiger partial charge >= 0.3 is 0 Å². The largest absolute Gasteiger partial charge is 0.352 e. The number of halogens is 1. The number of rotatable bonds is 6. The third-order valence-electron chi connectivity index (χ3n) is 3.57. The lowest BCUT2D eigenvalue weighted by Crippen LogP contribution is -2.36. The van der Waals surface area contributed by atoms with Crippen molar-refractivity contribution in [3.8, 4) is 0 Å². The van der Waals surface area contributed by atoms with Crippen molar-refractivity contribution >= 4 is 33.3 Å². The molecule has 1 aliphatic rings. The quantitative estimate of drug-likeness (QED) is 0.746. The van der Waals surface area contributed by atoms with Crippen molar-refractivity contribution < 1.29 is 18.0 Å². The maximum absolute atomic E-state index is 11.8. The third-order valence-corrected chi connectivity index (χ3v) is 5.59. The monoisotopic (exact) mass is 358 g/mol. The molecule has 0 aromatic heterocycles. The van der Waals surface area contributed by atoms with Gasteiger partial charge in [-0.25, -0.2) is 8.42 Å². The molecule has 1 atom stereocenters. The summed E-state index contributed by atoms with van der Waals surface area (Å²) in [6, 6.07) is 6.26. The van der Waals surface area contributed by atoms with Crippen LogP contribution in [-0.2, 0) is 14.6 Å². The van der Waals surface area contributed by atoms with Crippen LogP contribution < -0.4 is 10.6 Å². The van der Waals surface area contributed by atoms with Gasteiger partial charge in [-0.3, -0.25) is 9.59 Å². The van der Waals surface area contributed by atoms with E-state index in [1.807, 2.05) is 0 Å².